The molecule has 1 aliphatic rings. The first kappa shape index (κ1) is 15.1. The van der Waals surface area contributed by atoms with Gasteiger partial charge in [0.2, 0.25) is 5.91 Å². The fourth-order valence-electron chi connectivity index (χ4n) is 2.64. The summed E-state index contributed by atoms with van der Waals surface area (Å²) >= 11 is 0. The Morgan fingerprint density at radius 3 is 2.96 bits per heavy atom. The molecule has 3 rings (SSSR count). The molecule has 6 heteroatoms. The maximum absolute atomic E-state index is 13.2. The molecular formula is C17H16FN3O2. The molecule has 0 saturated carbocycles. The van der Waals surface area contributed by atoms with E-state index in [2.05, 4.69) is 10.3 Å². The average molecular weight is 313 g/mol. The van der Waals surface area contributed by atoms with Crippen molar-refractivity contribution in [3.05, 3.63) is 65.7 Å². The molecule has 118 valence electrons. The summed E-state index contributed by atoms with van der Waals surface area (Å²) in [7, 11) is 0. The monoisotopic (exact) mass is 313 g/mol. The van der Waals surface area contributed by atoms with Crippen molar-refractivity contribution in [1.82, 2.24) is 15.2 Å². The molecule has 0 spiro atoms. The lowest BCUT2D eigenvalue weighted by atomic mass is 10.2. The number of hydrogen-bond acceptors (Lipinski definition) is 3. The second-order valence-corrected chi connectivity index (χ2v) is 5.52. The lowest BCUT2D eigenvalue weighted by Crippen LogP contribution is -2.37. The fraction of sp³-hybridized carbons (Fsp3) is 0.235. The van der Waals surface area contributed by atoms with Crippen molar-refractivity contribution in [1.29, 1.82) is 0 Å². The Bertz CT molecular complexity index is 721. The van der Waals surface area contributed by atoms with Crippen LogP contribution < -0.4 is 5.32 Å². The van der Waals surface area contributed by atoms with Crippen LogP contribution in [-0.2, 0) is 11.3 Å². The van der Waals surface area contributed by atoms with Crippen molar-refractivity contribution in [2.75, 3.05) is 6.54 Å². The van der Waals surface area contributed by atoms with Gasteiger partial charge < -0.3 is 10.2 Å². The zero-order valence-electron chi connectivity index (χ0n) is 12.4. The highest BCUT2D eigenvalue weighted by molar-refractivity contribution is 5.94. The summed E-state index contributed by atoms with van der Waals surface area (Å²) in [6, 6.07) is 9.28. The Kier molecular flexibility index (Phi) is 4.32. The SMILES string of the molecule is O=C(NC1CC(=O)N(Cc2cccc(F)c2)C1)c1cccnc1. The molecule has 1 saturated heterocycles. The van der Waals surface area contributed by atoms with Gasteiger partial charge in [-0.05, 0) is 29.8 Å². The second kappa shape index (κ2) is 6.56. The molecule has 2 aromatic rings. The Balaban J connectivity index is 1.60. The highest BCUT2D eigenvalue weighted by Gasteiger charge is 2.30. The third-order valence-corrected chi connectivity index (χ3v) is 3.74. The van der Waals surface area contributed by atoms with Crippen LogP contribution in [0.15, 0.2) is 48.8 Å². The molecule has 5 nitrogen and oxygen atoms in total. The first-order valence-electron chi connectivity index (χ1n) is 7.35. The number of likely N-dealkylation sites (tertiary alicyclic amines) is 1. The number of carbonyl (C=O) groups is 2. The Morgan fingerprint density at radius 1 is 1.35 bits per heavy atom. The molecule has 1 unspecified atom stereocenters. The minimum absolute atomic E-state index is 0.0502. The number of aromatic nitrogens is 1. The van der Waals surface area contributed by atoms with Crippen molar-refractivity contribution in [3.8, 4) is 0 Å². The summed E-state index contributed by atoms with van der Waals surface area (Å²) in [4.78, 5) is 29.7. The Hall–Kier alpha value is -2.76. The van der Waals surface area contributed by atoms with Crippen LogP contribution in [-0.4, -0.2) is 34.3 Å². The maximum Gasteiger partial charge on any atom is 0.253 e. The van der Waals surface area contributed by atoms with Gasteiger partial charge in [-0.25, -0.2) is 4.39 Å². The minimum atomic E-state index is -0.324. The Labute approximate surface area is 133 Å². The van der Waals surface area contributed by atoms with E-state index in [1.807, 2.05) is 0 Å². The fourth-order valence-corrected chi connectivity index (χ4v) is 2.64. The maximum atomic E-state index is 13.2. The Morgan fingerprint density at radius 2 is 2.22 bits per heavy atom. The zero-order chi connectivity index (χ0) is 16.2. The summed E-state index contributed by atoms with van der Waals surface area (Å²) in [5, 5.41) is 2.84. The minimum Gasteiger partial charge on any atom is -0.347 e. The number of amides is 2. The van der Waals surface area contributed by atoms with Gasteiger partial charge in [-0.2, -0.15) is 0 Å². The van der Waals surface area contributed by atoms with Gasteiger partial charge in [-0.3, -0.25) is 14.6 Å². The predicted molar refractivity (Wildman–Crippen MR) is 81.9 cm³/mol. The number of nitrogens with one attached hydrogen (secondary N) is 1. The first-order chi connectivity index (χ1) is 11.1. The lowest BCUT2D eigenvalue weighted by molar-refractivity contribution is -0.128. The van der Waals surface area contributed by atoms with E-state index in [0.29, 0.717) is 18.7 Å². The molecule has 1 aliphatic heterocycles. The molecule has 23 heavy (non-hydrogen) atoms. The molecule has 0 aliphatic carbocycles. The van der Waals surface area contributed by atoms with Gasteiger partial charge in [0.05, 0.1) is 11.6 Å². The molecule has 2 heterocycles. The van der Waals surface area contributed by atoms with Crippen LogP contribution in [0.3, 0.4) is 0 Å². The first-order valence-corrected chi connectivity index (χ1v) is 7.35. The smallest absolute Gasteiger partial charge is 0.253 e. The summed E-state index contributed by atoms with van der Waals surface area (Å²) in [5.41, 5.74) is 1.20. The number of benzene rings is 1. The van der Waals surface area contributed by atoms with Crippen LogP contribution in [0.4, 0.5) is 4.39 Å². The third-order valence-electron chi connectivity index (χ3n) is 3.74. The van der Waals surface area contributed by atoms with Gasteiger partial charge in [-0.15, -0.1) is 0 Å². The van der Waals surface area contributed by atoms with E-state index in [9.17, 15) is 14.0 Å². The average Bonchev–Trinajstić information content (AvgIpc) is 2.87. The quantitative estimate of drug-likeness (QED) is 0.935. The van der Waals surface area contributed by atoms with E-state index in [1.54, 1.807) is 35.4 Å². The predicted octanol–water partition coefficient (Wildman–Crippen LogP) is 1.75. The van der Waals surface area contributed by atoms with E-state index >= 15 is 0 Å². The number of hydrogen-bond donors (Lipinski definition) is 1. The number of rotatable bonds is 4. The number of carbonyl (C=O) groups excluding carboxylic acids is 2. The van der Waals surface area contributed by atoms with Crippen molar-refractivity contribution in [3.63, 3.8) is 0 Å². The van der Waals surface area contributed by atoms with Gasteiger partial charge in [-0.1, -0.05) is 12.1 Å². The molecule has 1 N–H and O–H groups in total. The van der Waals surface area contributed by atoms with Gasteiger partial charge >= 0.3 is 0 Å². The van der Waals surface area contributed by atoms with Gasteiger partial charge in [0.1, 0.15) is 5.82 Å². The molecule has 0 radical (unpaired) electrons. The van der Waals surface area contributed by atoms with E-state index in [1.165, 1.54) is 18.3 Å². The molecule has 0 bridgehead atoms. The second-order valence-electron chi connectivity index (χ2n) is 5.52. The van der Waals surface area contributed by atoms with Crippen LogP contribution in [0, 0.1) is 5.82 Å². The zero-order valence-corrected chi connectivity index (χ0v) is 12.4. The summed E-state index contributed by atoms with van der Waals surface area (Å²) in [6.07, 6.45) is 3.33. The highest BCUT2D eigenvalue weighted by atomic mass is 19.1. The van der Waals surface area contributed by atoms with E-state index < -0.39 is 0 Å². The number of halogens is 1. The van der Waals surface area contributed by atoms with Crippen molar-refractivity contribution in [2.24, 2.45) is 0 Å². The van der Waals surface area contributed by atoms with Crippen molar-refractivity contribution < 1.29 is 14.0 Å². The van der Waals surface area contributed by atoms with E-state index in [4.69, 9.17) is 0 Å². The third kappa shape index (κ3) is 3.71. The highest BCUT2D eigenvalue weighted by Crippen LogP contribution is 2.16. The van der Waals surface area contributed by atoms with Crippen LogP contribution in [0.25, 0.3) is 0 Å². The molecule has 1 fully saturated rings. The van der Waals surface area contributed by atoms with Gasteiger partial charge in [0.25, 0.3) is 5.91 Å². The van der Waals surface area contributed by atoms with E-state index in [-0.39, 0.29) is 30.1 Å². The molecule has 1 aromatic carbocycles. The normalized spacial score (nSPS) is 17.3. The molecule has 1 aromatic heterocycles. The lowest BCUT2D eigenvalue weighted by Gasteiger charge is -2.17. The molecule has 1 atom stereocenters. The van der Waals surface area contributed by atoms with Crippen LogP contribution in [0.2, 0.25) is 0 Å². The number of pyridine rings is 1. The van der Waals surface area contributed by atoms with Crippen LogP contribution >= 0.6 is 0 Å². The van der Waals surface area contributed by atoms with Gasteiger partial charge in [0, 0.05) is 31.9 Å². The topological polar surface area (TPSA) is 62.3 Å². The largest absolute Gasteiger partial charge is 0.347 e. The number of nitrogens with zero attached hydrogens (tertiary/aromatic N) is 2. The summed E-state index contributed by atoms with van der Waals surface area (Å²) in [6.45, 7) is 0.761. The van der Waals surface area contributed by atoms with Crippen LogP contribution in [0.5, 0.6) is 0 Å². The van der Waals surface area contributed by atoms with Crippen molar-refractivity contribution in [2.45, 2.75) is 19.0 Å². The summed E-state index contributed by atoms with van der Waals surface area (Å²) < 4.78 is 13.2. The summed E-state index contributed by atoms with van der Waals surface area (Å²) in [5.74, 6) is -0.621. The van der Waals surface area contributed by atoms with Gasteiger partial charge in [0.15, 0.2) is 0 Å². The van der Waals surface area contributed by atoms with Crippen molar-refractivity contribution >= 4 is 11.8 Å². The standard InChI is InChI=1S/C17H16FN3O2/c18-14-5-1-3-12(7-14)10-21-11-15(8-16(21)22)20-17(23)13-4-2-6-19-9-13/h1-7,9,15H,8,10-11H2,(H,20,23). The van der Waals surface area contributed by atoms with Crippen LogP contribution in [0.1, 0.15) is 22.3 Å². The van der Waals surface area contributed by atoms with E-state index in [0.717, 1.165) is 5.56 Å². The molecular weight excluding hydrogens is 297 g/mol. The molecule has 2 amide bonds.